The van der Waals surface area contributed by atoms with Gasteiger partial charge in [0, 0.05) is 43.8 Å². The molecule has 3 aromatic rings. The number of carbonyl (C=O) groups excluding carboxylic acids is 1. The number of rotatable bonds is 6. The van der Waals surface area contributed by atoms with Crippen LogP contribution in [0.5, 0.6) is 0 Å². The van der Waals surface area contributed by atoms with E-state index >= 15 is 0 Å². The molecular formula is C20H22N4O5S. The quantitative estimate of drug-likeness (QED) is 0.572. The zero-order valence-corrected chi connectivity index (χ0v) is 17.2. The Morgan fingerprint density at radius 2 is 2.07 bits per heavy atom. The molecule has 0 saturated carbocycles. The molecule has 1 aromatic carbocycles. The molecule has 30 heavy (non-hydrogen) atoms. The third kappa shape index (κ3) is 4.10. The van der Waals surface area contributed by atoms with Crippen molar-refractivity contribution in [3.63, 3.8) is 0 Å². The summed E-state index contributed by atoms with van der Waals surface area (Å²) in [4.78, 5) is 18.3. The molecule has 2 aromatic heterocycles. The highest BCUT2D eigenvalue weighted by Gasteiger charge is 2.22. The number of ether oxygens (including phenoxy) is 1. The van der Waals surface area contributed by atoms with Gasteiger partial charge in [-0.1, -0.05) is 0 Å². The van der Waals surface area contributed by atoms with Crippen LogP contribution in [0.1, 0.15) is 17.5 Å². The normalized spacial score (nSPS) is 14.6. The van der Waals surface area contributed by atoms with Gasteiger partial charge >= 0.3 is 5.97 Å². The Labute approximate surface area is 174 Å². The predicted octanol–water partition coefficient (Wildman–Crippen LogP) is 2.21. The van der Waals surface area contributed by atoms with E-state index in [2.05, 4.69) is 15.0 Å². The minimum absolute atomic E-state index is 0.0230. The van der Waals surface area contributed by atoms with Gasteiger partial charge < -0.3 is 19.4 Å². The minimum Gasteiger partial charge on any atom is -0.460 e. The van der Waals surface area contributed by atoms with E-state index in [1.807, 2.05) is 4.90 Å². The van der Waals surface area contributed by atoms with E-state index < -0.39 is 16.0 Å². The van der Waals surface area contributed by atoms with Gasteiger partial charge in [-0.25, -0.2) is 18.2 Å². The molecule has 1 saturated heterocycles. The van der Waals surface area contributed by atoms with Gasteiger partial charge in [-0.3, -0.25) is 4.72 Å². The van der Waals surface area contributed by atoms with Crippen molar-refractivity contribution in [2.45, 2.75) is 11.8 Å². The maximum atomic E-state index is 13.0. The zero-order valence-electron chi connectivity index (χ0n) is 16.4. The van der Waals surface area contributed by atoms with E-state index in [9.17, 15) is 13.2 Å². The second-order valence-electron chi connectivity index (χ2n) is 6.75. The topological polar surface area (TPSA) is 114 Å². The van der Waals surface area contributed by atoms with Crippen LogP contribution in [0.3, 0.4) is 0 Å². The SMILES string of the molecule is CCOC(=O)c1cc2ccc(S(=O)(=O)Nc3cccnc3N3CCNCC3)cc2o1. The molecular weight excluding hydrogens is 408 g/mol. The Hall–Kier alpha value is -3.11. The third-order valence-corrected chi connectivity index (χ3v) is 6.09. The van der Waals surface area contributed by atoms with Crippen molar-refractivity contribution in [2.75, 3.05) is 42.4 Å². The van der Waals surface area contributed by atoms with Crippen molar-refractivity contribution in [3.05, 3.63) is 48.4 Å². The lowest BCUT2D eigenvalue weighted by atomic mass is 10.2. The van der Waals surface area contributed by atoms with Gasteiger partial charge in [-0.2, -0.15) is 0 Å². The number of sulfonamides is 1. The number of carbonyl (C=O) groups is 1. The van der Waals surface area contributed by atoms with Crippen LogP contribution in [0, 0.1) is 0 Å². The number of furan rings is 1. The second-order valence-corrected chi connectivity index (χ2v) is 8.43. The molecule has 1 fully saturated rings. The summed E-state index contributed by atoms with van der Waals surface area (Å²) in [6, 6.07) is 9.35. The van der Waals surface area contributed by atoms with Gasteiger partial charge in [-0.15, -0.1) is 0 Å². The van der Waals surface area contributed by atoms with Crippen molar-refractivity contribution in [3.8, 4) is 0 Å². The molecule has 1 aliphatic rings. The fourth-order valence-corrected chi connectivity index (χ4v) is 4.37. The van der Waals surface area contributed by atoms with E-state index in [1.54, 1.807) is 31.3 Å². The second kappa shape index (κ2) is 8.33. The molecule has 0 unspecified atom stereocenters. The molecule has 4 rings (SSSR count). The molecule has 2 N–H and O–H groups in total. The van der Waals surface area contributed by atoms with Gasteiger partial charge in [0.2, 0.25) is 5.76 Å². The van der Waals surface area contributed by atoms with Crippen LogP contribution in [0.4, 0.5) is 11.5 Å². The lowest BCUT2D eigenvalue weighted by molar-refractivity contribution is 0.0492. The van der Waals surface area contributed by atoms with E-state index in [4.69, 9.17) is 9.15 Å². The number of hydrogen-bond acceptors (Lipinski definition) is 8. The summed E-state index contributed by atoms with van der Waals surface area (Å²) in [6.45, 7) is 5.01. The molecule has 9 nitrogen and oxygen atoms in total. The Morgan fingerprint density at radius 1 is 1.27 bits per heavy atom. The van der Waals surface area contributed by atoms with Crippen molar-refractivity contribution < 1.29 is 22.4 Å². The number of hydrogen-bond donors (Lipinski definition) is 2. The minimum atomic E-state index is -3.90. The maximum absolute atomic E-state index is 13.0. The summed E-state index contributed by atoms with van der Waals surface area (Å²) in [5, 5.41) is 3.87. The van der Waals surface area contributed by atoms with E-state index in [0.29, 0.717) is 16.9 Å². The lowest BCUT2D eigenvalue weighted by Crippen LogP contribution is -2.44. The smallest absolute Gasteiger partial charge is 0.374 e. The molecule has 0 bridgehead atoms. The van der Waals surface area contributed by atoms with E-state index in [-0.39, 0.29) is 22.8 Å². The Balaban J connectivity index is 1.63. The van der Waals surface area contributed by atoms with Gasteiger partial charge in [-0.05, 0) is 37.3 Å². The number of piperazine rings is 1. The molecule has 158 valence electrons. The van der Waals surface area contributed by atoms with Crippen molar-refractivity contribution >= 4 is 38.5 Å². The number of pyridine rings is 1. The highest BCUT2D eigenvalue weighted by Crippen LogP contribution is 2.28. The molecule has 0 spiro atoms. The molecule has 0 atom stereocenters. The molecule has 10 heteroatoms. The summed E-state index contributed by atoms with van der Waals surface area (Å²) in [5.74, 6) is 0.0288. The first kappa shape index (κ1) is 20.2. The monoisotopic (exact) mass is 430 g/mol. The number of benzene rings is 1. The summed E-state index contributed by atoms with van der Waals surface area (Å²) in [6.07, 6.45) is 1.64. The van der Waals surface area contributed by atoms with Crippen LogP contribution >= 0.6 is 0 Å². The first-order valence-corrected chi connectivity index (χ1v) is 11.1. The van der Waals surface area contributed by atoms with E-state index in [1.165, 1.54) is 18.2 Å². The summed E-state index contributed by atoms with van der Waals surface area (Å²) >= 11 is 0. The van der Waals surface area contributed by atoms with Crippen LogP contribution in [-0.2, 0) is 14.8 Å². The number of fused-ring (bicyclic) bond motifs is 1. The molecule has 0 amide bonds. The fourth-order valence-electron chi connectivity index (χ4n) is 3.29. The molecule has 1 aliphatic heterocycles. The van der Waals surface area contributed by atoms with Crippen molar-refractivity contribution in [1.82, 2.24) is 10.3 Å². The standard InChI is InChI=1S/C20H22N4O5S/c1-2-28-20(25)18-12-14-5-6-15(13-17(14)29-18)30(26,27)23-16-4-3-7-22-19(16)24-10-8-21-9-11-24/h3-7,12-13,21,23H,2,8-11H2,1H3. The van der Waals surface area contributed by atoms with Crippen molar-refractivity contribution in [2.24, 2.45) is 0 Å². The van der Waals surface area contributed by atoms with Crippen LogP contribution in [0.25, 0.3) is 11.0 Å². The van der Waals surface area contributed by atoms with Crippen molar-refractivity contribution in [1.29, 1.82) is 0 Å². The van der Waals surface area contributed by atoms with Gasteiger partial charge in [0.1, 0.15) is 5.58 Å². The predicted molar refractivity (Wildman–Crippen MR) is 112 cm³/mol. The number of nitrogens with one attached hydrogen (secondary N) is 2. The summed E-state index contributed by atoms with van der Waals surface area (Å²) in [5.41, 5.74) is 0.695. The van der Waals surface area contributed by atoms with Gasteiger partial charge in [0.15, 0.2) is 5.82 Å². The van der Waals surface area contributed by atoms with Crippen LogP contribution in [0.2, 0.25) is 0 Å². The highest BCUT2D eigenvalue weighted by atomic mass is 32.2. The number of nitrogens with zero attached hydrogens (tertiary/aromatic N) is 2. The summed E-state index contributed by atoms with van der Waals surface area (Å²) in [7, 11) is -3.90. The van der Waals surface area contributed by atoms with Crippen LogP contribution < -0.4 is 14.9 Å². The number of anilines is 2. The third-order valence-electron chi connectivity index (χ3n) is 4.73. The lowest BCUT2D eigenvalue weighted by Gasteiger charge is -2.29. The Bertz CT molecular complexity index is 1170. The first-order valence-electron chi connectivity index (χ1n) is 9.62. The average molecular weight is 430 g/mol. The zero-order chi connectivity index (χ0) is 21.1. The number of esters is 1. The van der Waals surface area contributed by atoms with Gasteiger partial charge in [0.05, 0.1) is 17.2 Å². The maximum Gasteiger partial charge on any atom is 0.374 e. The van der Waals surface area contributed by atoms with Gasteiger partial charge in [0.25, 0.3) is 10.0 Å². The van der Waals surface area contributed by atoms with Crippen LogP contribution in [0.15, 0.2) is 51.9 Å². The Morgan fingerprint density at radius 3 is 2.83 bits per heavy atom. The first-order chi connectivity index (χ1) is 14.5. The summed E-state index contributed by atoms with van der Waals surface area (Å²) < 4.78 is 39.1. The van der Waals surface area contributed by atoms with Crippen LogP contribution in [-0.4, -0.2) is 52.2 Å². The highest BCUT2D eigenvalue weighted by molar-refractivity contribution is 7.92. The van der Waals surface area contributed by atoms with E-state index in [0.717, 1.165) is 26.2 Å². The number of aromatic nitrogens is 1. The molecule has 0 radical (unpaired) electrons. The Kier molecular flexibility index (Phi) is 5.60. The fraction of sp³-hybridized carbons (Fsp3) is 0.300. The molecule has 0 aliphatic carbocycles. The molecule has 3 heterocycles. The largest absolute Gasteiger partial charge is 0.460 e. The average Bonchev–Trinajstić information content (AvgIpc) is 3.18.